The van der Waals surface area contributed by atoms with E-state index in [4.69, 9.17) is 4.74 Å². The summed E-state index contributed by atoms with van der Waals surface area (Å²) in [5.74, 6) is 0.624. The Morgan fingerprint density at radius 1 is 1.28 bits per heavy atom. The summed E-state index contributed by atoms with van der Waals surface area (Å²) in [4.78, 5) is 33.2. The number of pyridine rings is 1. The number of carbonyl (C=O) groups is 1. The maximum Gasteiger partial charge on any atom is 0.326 e. The number of likely N-dealkylation sites (tertiary alicyclic amines) is 1. The molecule has 1 N–H and O–H groups in total. The van der Waals surface area contributed by atoms with Gasteiger partial charge in [0.05, 0.1) is 23.8 Å². The summed E-state index contributed by atoms with van der Waals surface area (Å²) in [5, 5.41) is 0. The molecule has 1 unspecified atom stereocenters. The lowest BCUT2D eigenvalue weighted by atomic mass is 10.3. The third-order valence-corrected chi connectivity index (χ3v) is 4.41. The number of hydrogen-bond acceptors (Lipinski definition) is 4. The first-order chi connectivity index (χ1) is 12.2. The number of nitrogens with one attached hydrogen (secondary N) is 1. The number of hydrogen-bond donors (Lipinski definition) is 1. The zero-order chi connectivity index (χ0) is 17.2. The highest BCUT2D eigenvalue weighted by Gasteiger charge is 2.28. The van der Waals surface area contributed by atoms with Crippen molar-refractivity contribution in [2.24, 2.45) is 0 Å². The van der Waals surface area contributed by atoms with Crippen LogP contribution < -0.4 is 10.4 Å². The minimum Gasteiger partial charge on any atom is -0.487 e. The van der Waals surface area contributed by atoms with Crippen molar-refractivity contribution >= 4 is 16.9 Å². The van der Waals surface area contributed by atoms with Crippen molar-refractivity contribution in [1.82, 2.24) is 19.4 Å². The van der Waals surface area contributed by atoms with Crippen LogP contribution in [0.5, 0.6) is 5.75 Å². The van der Waals surface area contributed by atoms with Gasteiger partial charge in [0, 0.05) is 19.2 Å². The molecule has 4 rings (SSSR count). The number of H-pyrrole nitrogens is 1. The molecule has 25 heavy (non-hydrogen) atoms. The molecule has 0 saturated carbocycles. The van der Waals surface area contributed by atoms with Gasteiger partial charge in [0.2, 0.25) is 5.91 Å². The Kier molecular flexibility index (Phi) is 3.97. The van der Waals surface area contributed by atoms with Crippen molar-refractivity contribution < 1.29 is 9.53 Å². The first-order valence-electron chi connectivity index (χ1n) is 8.23. The van der Waals surface area contributed by atoms with Crippen LogP contribution >= 0.6 is 0 Å². The standard InChI is InChI=1S/C18H18N4O3/c23-17(12-22-16-6-2-1-5-15(16)20-18(22)24)21-9-7-14(11-21)25-13-4-3-8-19-10-13/h1-6,8,10,14H,7,9,11-12H2,(H,20,24). The molecular formula is C18H18N4O3. The molecule has 0 radical (unpaired) electrons. The van der Waals surface area contributed by atoms with Crippen LogP contribution in [-0.2, 0) is 11.3 Å². The van der Waals surface area contributed by atoms with Gasteiger partial charge in [-0.3, -0.25) is 14.3 Å². The number of benzene rings is 1. The van der Waals surface area contributed by atoms with Crippen molar-refractivity contribution in [2.45, 2.75) is 19.1 Å². The van der Waals surface area contributed by atoms with Gasteiger partial charge in [-0.05, 0) is 24.3 Å². The van der Waals surface area contributed by atoms with E-state index >= 15 is 0 Å². The van der Waals surface area contributed by atoms with Crippen molar-refractivity contribution in [3.05, 3.63) is 59.3 Å². The van der Waals surface area contributed by atoms with Crippen LogP contribution in [0.4, 0.5) is 0 Å². The van der Waals surface area contributed by atoms with E-state index in [1.807, 2.05) is 36.4 Å². The molecule has 1 aliphatic heterocycles. The average molecular weight is 338 g/mol. The lowest BCUT2D eigenvalue weighted by Crippen LogP contribution is -2.35. The first kappa shape index (κ1) is 15.4. The molecule has 0 aliphatic carbocycles. The molecule has 1 atom stereocenters. The van der Waals surface area contributed by atoms with Crippen molar-refractivity contribution in [3.8, 4) is 5.75 Å². The maximum absolute atomic E-state index is 12.6. The van der Waals surface area contributed by atoms with E-state index in [2.05, 4.69) is 9.97 Å². The third kappa shape index (κ3) is 3.13. The molecule has 3 aromatic rings. The van der Waals surface area contributed by atoms with Gasteiger partial charge in [-0.2, -0.15) is 0 Å². The van der Waals surface area contributed by atoms with E-state index in [1.165, 1.54) is 4.57 Å². The Labute approximate surface area is 143 Å². The van der Waals surface area contributed by atoms with E-state index in [9.17, 15) is 9.59 Å². The van der Waals surface area contributed by atoms with Crippen LogP contribution in [0.15, 0.2) is 53.6 Å². The molecule has 2 aromatic heterocycles. The van der Waals surface area contributed by atoms with Gasteiger partial charge < -0.3 is 14.6 Å². The molecule has 7 nitrogen and oxygen atoms in total. The van der Waals surface area contributed by atoms with Crippen LogP contribution in [-0.4, -0.2) is 44.5 Å². The Morgan fingerprint density at radius 3 is 3.00 bits per heavy atom. The van der Waals surface area contributed by atoms with Gasteiger partial charge in [-0.15, -0.1) is 0 Å². The van der Waals surface area contributed by atoms with E-state index in [0.717, 1.165) is 17.5 Å². The minimum absolute atomic E-state index is 0.0302. The summed E-state index contributed by atoms with van der Waals surface area (Å²) in [6, 6.07) is 11.0. The van der Waals surface area contributed by atoms with E-state index in [-0.39, 0.29) is 24.2 Å². The van der Waals surface area contributed by atoms with Gasteiger partial charge in [0.15, 0.2) is 0 Å². The molecule has 128 valence electrons. The predicted octanol–water partition coefficient (Wildman–Crippen LogP) is 1.40. The third-order valence-electron chi connectivity index (χ3n) is 4.41. The van der Waals surface area contributed by atoms with Crippen LogP contribution in [0.1, 0.15) is 6.42 Å². The first-order valence-corrected chi connectivity index (χ1v) is 8.23. The summed E-state index contributed by atoms with van der Waals surface area (Å²) in [6.45, 7) is 1.17. The lowest BCUT2D eigenvalue weighted by Gasteiger charge is -2.17. The number of fused-ring (bicyclic) bond motifs is 1. The smallest absolute Gasteiger partial charge is 0.326 e. The van der Waals surface area contributed by atoms with Crippen molar-refractivity contribution in [2.75, 3.05) is 13.1 Å². The SMILES string of the molecule is O=C(Cn1c(=O)[nH]c2ccccc21)N1CCC(Oc2cccnc2)C1. The number of aromatic nitrogens is 3. The molecule has 0 bridgehead atoms. The fourth-order valence-corrected chi connectivity index (χ4v) is 3.16. The van der Waals surface area contributed by atoms with Crippen molar-refractivity contribution in [3.63, 3.8) is 0 Å². The lowest BCUT2D eigenvalue weighted by molar-refractivity contribution is -0.131. The number of rotatable bonds is 4. The zero-order valence-electron chi connectivity index (χ0n) is 13.6. The number of para-hydroxylation sites is 2. The predicted molar refractivity (Wildman–Crippen MR) is 92.4 cm³/mol. The fraction of sp³-hybridized carbons (Fsp3) is 0.278. The Hall–Kier alpha value is -3.09. The molecular weight excluding hydrogens is 320 g/mol. The Bertz CT molecular complexity index is 948. The van der Waals surface area contributed by atoms with Gasteiger partial charge in [-0.25, -0.2) is 4.79 Å². The average Bonchev–Trinajstić information content (AvgIpc) is 3.21. The molecule has 0 spiro atoms. The molecule has 7 heteroatoms. The minimum atomic E-state index is -0.267. The quantitative estimate of drug-likeness (QED) is 0.780. The zero-order valence-corrected chi connectivity index (χ0v) is 13.6. The highest BCUT2D eigenvalue weighted by atomic mass is 16.5. The summed E-state index contributed by atoms with van der Waals surface area (Å²) in [5.41, 5.74) is 1.21. The number of carbonyl (C=O) groups excluding carboxylic acids is 1. The summed E-state index contributed by atoms with van der Waals surface area (Å²) in [6.07, 6.45) is 4.07. The van der Waals surface area contributed by atoms with Crippen LogP contribution in [0, 0.1) is 0 Å². The number of imidazole rings is 1. The Morgan fingerprint density at radius 2 is 2.16 bits per heavy atom. The van der Waals surface area contributed by atoms with Crippen molar-refractivity contribution in [1.29, 1.82) is 0 Å². The largest absolute Gasteiger partial charge is 0.487 e. The van der Waals surface area contributed by atoms with Gasteiger partial charge in [-0.1, -0.05) is 12.1 Å². The van der Waals surface area contributed by atoms with Gasteiger partial charge in [0.25, 0.3) is 0 Å². The second kappa shape index (κ2) is 6.43. The molecule has 1 aliphatic rings. The molecule has 1 saturated heterocycles. The van der Waals surface area contributed by atoms with E-state index in [1.54, 1.807) is 17.3 Å². The molecule has 1 fully saturated rings. The number of aromatic amines is 1. The summed E-state index contributed by atoms with van der Waals surface area (Å²) < 4.78 is 7.33. The topological polar surface area (TPSA) is 80.2 Å². The maximum atomic E-state index is 12.6. The Balaban J connectivity index is 1.43. The van der Waals surface area contributed by atoms with E-state index < -0.39 is 0 Å². The second-order valence-corrected chi connectivity index (χ2v) is 6.09. The number of amides is 1. The second-order valence-electron chi connectivity index (χ2n) is 6.09. The highest BCUT2D eigenvalue weighted by Crippen LogP contribution is 2.18. The monoisotopic (exact) mass is 338 g/mol. The van der Waals surface area contributed by atoms with Gasteiger partial charge in [0.1, 0.15) is 18.4 Å². The van der Waals surface area contributed by atoms with Crippen LogP contribution in [0.2, 0.25) is 0 Å². The highest BCUT2D eigenvalue weighted by molar-refractivity contribution is 5.80. The van der Waals surface area contributed by atoms with Gasteiger partial charge >= 0.3 is 5.69 Å². The van der Waals surface area contributed by atoms with Crippen LogP contribution in [0.3, 0.4) is 0 Å². The van der Waals surface area contributed by atoms with E-state index in [0.29, 0.717) is 18.8 Å². The number of ether oxygens (including phenoxy) is 1. The summed E-state index contributed by atoms with van der Waals surface area (Å²) in [7, 11) is 0. The summed E-state index contributed by atoms with van der Waals surface area (Å²) >= 11 is 0. The van der Waals surface area contributed by atoms with Crippen LogP contribution in [0.25, 0.3) is 11.0 Å². The number of nitrogens with zero attached hydrogens (tertiary/aromatic N) is 3. The molecule has 1 amide bonds. The molecule has 3 heterocycles. The normalized spacial score (nSPS) is 17.1. The fourth-order valence-electron chi connectivity index (χ4n) is 3.16. The molecule has 1 aromatic carbocycles.